The van der Waals surface area contributed by atoms with E-state index in [1.165, 1.54) is 12.0 Å². The van der Waals surface area contributed by atoms with E-state index < -0.39 is 11.9 Å². The third kappa shape index (κ3) is 4.11. The number of carbonyl (C=O) groups is 3. The summed E-state index contributed by atoms with van der Waals surface area (Å²) >= 11 is 0. The highest BCUT2D eigenvalue weighted by molar-refractivity contribution is 5.77. The minimum absolute atomic E-state index is 0.146. The molecule has 0 saturated carbocycles. The minimum Gasteiger partial charge on any atom is -0.481 e. The highest BCUT2D eigenvalue weighted by Crippen LogP contribution is 2.19. The largest absolute Gasteiger partial charge is 0.481 e. The van der Waals surface area contributed by atoms with Gasteiger partial charge in [0.05, 0.1) is 18.9 Å². The summed E-state index contributed by atoms with van der Waals surface area (Å²) in [5, 5.41) is 8.84. The number of rotatable bonds is 4. The summed E-state index contributed by atoms with van der Waals surface area (Å²) in [4.78, 5) is 37.4. The lowest BCUT2D eigenvalue weighted by Crippen LogP contribution is -2.47. The Kier molecular flexibility index (Phi) is 5.79. The second-order valence-corrected chi connectivity index (χ2v) is 5.19. The van der Waals surface area contributed by atoms with Gasteiger partial charge >= 0.3 is 18.0 Å². The Morgan fingerprint density at radius 1 is 1.35 bits per heavy atom. The van der Waals surface area contributed by atoms with Gasteiger partial charge in [-0.15, -0.1) is 0 Å². The van der Waals surface area contributed by atoms with Crippen molar-refractivity contribution in [2.45, 2.75) is 19.8 Å². The van der Waals surface area contributed by atoms with Gasteiger partial charge in [-0.2, -0.15) is 0 Å². The third-order valence-electron chi connectivity index (χ3n) is 3.60. The van der Waals surface area contributed by atoms with E-state index in [9.17, 15) is 14.4 Å². The van der Waals surface area contributed by atoms with E-state index in [-0.39, 0.29) is 24.5 Å². The molecule has 1 atom stereocenters. The van der Waals surface area contributed by atoms with Gasteiger partial charge in [-0.25, -0.2) is 4.79 Å². The molecule has 1 aliphatic rings. The zero-order valence-electron chi connectivity index (χ0n) is 12.2. The lowest BCUT2D eigenvalue weighted by Gasteiger charge is -2.34. The molecular formula is C13H22N2O5. The van der Waals surface area contributed by atoms with Crippen molar-refractivity contribution in [1.82, 2.24) is 9.80 Å². The first-order chi connectivity index (χ1) is 9.36. The Hall–Kier alpha value is -1.79. The number of hydrogen-bond acceptors (Lipinski definition) is 4. The number of carboxylic acids is 1. The molecule has 1 heterocycles. The maximum absolute atomic E-state index is 12.1. The van der Waals surface area contributed by atoms with Gasteiger partial charge in [-0.1, -0.05) is 6.92 Å². The first-order valence-corrected chi connectivity index (χ1v) is 6.67. The zero-order chi connectivity index (χ0) is 15.3. The van der Waals surface area contributed by atoms with Crippen LogP contribution >= 0.6 is 0 Å². The summed E-state index contributed by atoms with van der Waals surface area (Å²) < 4.78 is 4.69. The average Bonchev–Trinajstić information content (AvgIpc) is 2.45. The topological polar surface area (TPSA) is 87.2 Å². The second-order valence-electron chi connectivity index (χ2n) is 5.19. The van der Waals surface area contributed by atoms with Crippen LogP contribution in [0, 0.1) is 11.8 Å². The van der Waals surface area contributed by atoms with Crippen molar-refractivity contribution in [2.24, 2.45) is 11.8 Å². The molecule has 0 aromatic rings. The molecule has 1 rings (SSSR count). The number of carbonyl (C=O) groups excluding carboxylic acids is 2. The molecule has 1 fully saturated rings. The quantitative estimate of drug-likeness (QED) is 0.766. The average molecular weight is 286 g/mol. The number of likely N-dealkylation sites (tertiary alicyclic amines) is 1. The summed E-state index contributed by atoms with van der Waals surface area (Å²) in [6, 6.07) is -0.193. The zero-order valence-corrected chi connectivity index (χ0v) is 12.2. The molecule has 1 unspecified atom stereocenters. The molecular weight excluding hydrogens is 264 g/mol. The van der Waals surface area contributed by atoms with Crippen LogP contribution in [0.4, 0.5) is 4.79 Å². The van der Waals surface area contributed by atoms with Crippen LogP contribution in [0.5, 0.6) is 0 Å². The van der Waals surface area contributed by atoms with Gasteiger partial charge in [0.15, 0.2) is 0 Å². The summed E-state index contributed by atoms with van der Waals surface area (Å²) in [5.41, 5.74) is 0. The number of amides is 2. The summed E-state index contributed by atoms with van der Waals surface area (Å²) in [6.07, 6.45) is 1.17. The molecule has 1 saturated heterocycles. The van der Waals surface area contributed by atoms with Gasteiger partial charge < -0.3 is 19.6 Å². The highest BCUT2D eigenvalue weighted by Gasteiger charge is 2.29. The Balaban J connectivity index is 2.46. The van der Waals surface area contributed by atoms with Crippen LogP contribution in [0.1, 0.15) is 19.8 Å². The molecule has 0 aromatic carbocycles. The number of aliphatic carboxylic acids is 1. The van der Waals surface area contributed by atoms with Crippen molar-refractivity contribution < 1.29 is 24.2 Å². The molecule has 1 aliphatic heterocycles. The minimum atomic E-state index is -0.922. The van der Waals surface area contributed by atoms with E-state index in [1.54, 1.807) is 18.9 Å². The van der Waals surface area contributed by atoms with E-state index >= 15 is 0 Å². The van der Waals surface area contributed by atoms with Gasteiger partial charge in [0, 0.05) is 26.7 Å². The first-order valence-electron chi connectivity index (χ1n) is 6.67. The Bertz CT molecular complexity index is 377. The van der Waals surface area contributed by atoms with E-state index in [1.807, 2.05) is 0 Å². The Labute approximate surface area is 118 Å². The first kappa shape index (κ1) is 16.3. The normalized spacial score (nSPS) is 17.4. The molecule has 0 spiro atoms. The number of esters is 1. The van der Waals surface area contributed by atoms with Crippen LogP contribution in [0.25, 0.3) is 0 Å². The number of ether oxygens (including phenoxy) is 1. The Morgan fingerprint density at radius 3 is 2.35 bits per heavy atom. The molecule has 0 aliphatic carbocycles. The van der Waals surface area contributed by atoms with Crippen LogP contribution in [0.2, 0.25) is 0 Å². The molecule has 114 valence electrons. The predicted octanol–water partition coefficient (Wildman–Crippen LogP) is 0.644. The van der Waals surface area contributed by atoms with Crippen molar-refractivity contribution in [2.75, 3.05) is 33.8 Å². The van der Waals surface area contributed by atoms with E-state index in [2.05, 4.69) is 0 Å². The second kappa shape index (κ2) is 7.12. The van der Waals surface area contributed by atoms with Gasteiger partial charge in [-0.05, 0) is 12.8 Å². The van der Waals surface area contributed by atoms with Crippen LogP contribution in [-0.4, -0.2) is 66.7 Å². The van der Waals surface area contributed by atoms with E-state index in [4.69, 9.17) is 9.84 Å². The molecule has 7 nitrogen and oxygen atoms in total. The van der Waals surface area contributed by atoms with Crippen LogP contribution in [-0.2, 0) is 14.3 Å². The fourth-order valence-corrected chi connectivity index (χ4v) is 2.28. The predicted molar refractivity (Wildman–Crippen MR) is 71.1 cm³/mol. The fraction of sp³-hybridized carbons (Fsp3) is 0.769. The molecule has 0 bridgehead atoms. The number of urea groups is 1. The monoisotopic (exact) mass is 286 g/mol. The van der Waals surface area contributed by atoms with Crippen molar-refractivity contribution in [3.05, 3.63) is 0 Å². The van der Waals surface area contributed by atoms with Gasteiger partial charge in [-0.3, -0.25) is 9.59 Å². The third-order valence-corrected chi connectivity index (χ3v) is 3.60. The van der Waals surface area contributed by atoms with E-state index in [0.717, 1.165) is 0 Å². The number of carboxylic acid groups (broad SMARTS) is 1. The van der Waals surface area contributed by atoms with Gasteiger partial charge in [0.25, 0.3) is 0 Å². The lowest BCUT2D eigenvalue weighted by atomic mass is 9.97. The fourth-order valence-electron chi connectivity index (χ4n) is 2.28. The van der Waals surface area contributed by atoms with E-state index in [0.29, 0.717) is 25.9 Å². The van der Waals surface area contributed by atoms with Gasteiger partial charge in [0.1, 0.15) is 0 Å². The van der Waals surface area contributed by atoms with Crippen molar-refractivity contribution >= 4 is 18.0 Å². The molecule has 0 radical (unpaired) electrons. The number of methoxy groups -OCH3 is 1. The number of piperidine rings is 1. The molecule has 2 amide bonds. The van der Waals surface area contributed by atoms with Crippen LogP contribution in [0.3, 0.4) is 0 Å². The highest BCUT2D eigenvalue weighted by atomic mass is 16.5. The SMILES string of the molecule is COC(=O)C1CCN(C(=O)N(C)CC(C)C(=O)O)CC1. The van der Waals surface area contributed by atoms with Crippen LogP contribution < -0.4 is 0 Å². The van der Waals surface area contributed by atoms with Crippen molar-refractivity contribution in [3.8, 4) is 0 Å². The summed E-state index contributed by atoms with van der Waals surface area (Å²) in [7, 11) is 2.95. The number of hydrogen-bond donors (Lipinski definition) is 1. The Morgan fingerprint density at radius 2 is 1.90 bits per heavy atom. The molecule has 1 N–H and O–H groups in total. The molecule has 20 heavy (non-hydrogen) atoms. The van der Waals surface area contributed by atoms with Gasteiger partial charge in [0.2, 0.25) is 0 Å². The lowest BCUT2D eigenvalue weighted by molar-refractivity contribution is -0.147. The maximum Gasteiger partial charge on any atom is 0.319 e. The summed E-state index contributed by atoms with van der Waals surface area (Å²) in [5.74, 6) is -1.90. The molecule has 0 aromatic heterocycles. The maximum atomic E-state index is 12.1. The smallest absolute Gasteiger partial charge is 0.319 e. The molecule has 7 heteroatoms. The number of nitrogens with zero attached hydrogens (tertiary/aromatic N) is 2. The van der Waals surface area contributed by atoms with Crippen LogP contribution in [0.15, 0.2) is 0 Å². The van der Waals surface area contributed by atoms with Crippen molar-refractivity contribution in [3.63, 3.8) is 0 Å². The standard InChI is InChI=1S/C13H22N2O5/c1-9(11(16)17)8-14(2)13(19)15-6-4-10(5-7-15)12(18)20-3/h9-10H,4-8H2,1-3H3,(H,16,17). The van der Waals surface area contributed by atoms with Crippen molar-refractivity contribution in [1.29, 1.82) is 0 Å². The summed E-state index contributed by atoms with van der Waals surface area (Å²) in [6.45, 7) is 2.72.